The van der Waals surface area contributed by atoms with E-state index in [0.717, 1.165) is 64.9 Å². The Morgan fingerprint density at radius 2 is 1.24 bits per heavy atom. The van der Waals surface area contributed by atoms with Gasteiger partial charge in [-0.15, -0.1) is 0 Å². The van der Waals surface area contributed by atoms with E-state index in [2.05, 4.69) is 76.6 Å². The van der Waals surface area contributed by atoms with E-state index < -0.39 is 0 Å². The Labute approximate surface area is 203 Å². The van der Waals surface area contributed by atoms with E-state index in [9.17, 15) is 0 Å². The van der Waals surface area contributed by atoms with Crippen molar-refractivity contribution in [2.24, 2.45) is 0 Å². The van der Waals surface area contributed by atoms with Gasteiger partial charge in [0.25, 0.3) is 0 Å². The van der Waals surface area contributed by atoms with Gasteiger partial charge in [0, 0.05) is 31.8 Å². The Morgan fingerprint density at radius 3 is 2.12 bits per heavy atom. The first-order valence-corrected chi connectivity index (χ1v) is 11.9. The van der Waals surface area contributed by atoms with E-state index in [4.69, 9.17) is 14.4 Å². The zero-order chi connectivity index (χ0) is 22.6. The predicted octanol–water partition coefficient (Wildman–Crippen LogP) is 8.78. The topological polar surface area (TPSA) is 38.9 Å². The highest BCUT2D eigenvalue weighted by Gasteiger charge is 2.18. The molecule has 5 aromatic carbocycles. The fraction of sp³-hybridized carbons (Fsp3) is 0. The Bertz CT molecular complexity index is 1890. The van der Waals surface area contributed by atoms with E-state index in [-0.39, 0.29) is 0 Å². The van der Waals surface area contributed by atoms with Crippen molar-refractivity contribution < 1.29 is 4.42 Å². The lowest BCUT2D eigenvalue weighted by molar-refractivity contribution is 0.670. The van der Waals surface area contributed by atoms with Gasteiger partial charge in [-0.3, -0.25) is 0 Å². The first kappa shape index (κ1) is 19.4. The van der Waals surface area contributed by atoms with Crippen LogP contribution in [-0.4, -0.2) is 9.97 Å². The lowest BCUT2D eigenvalue weighted by atomic mass is 10.0. The molecule has 0 aliphatic heterocycles. The molecule has 0 bridgehead atoms. The predicted molar refractivity (Wildman–Crippen MR) is 143 cm³/mol. The molecule has 0 fully saturated rings. The molecule has 0 aliphatic rings. The van der Waals surface area contributed by atoms with Crippen LogP contribution < -0.4 is 0 Å². The van der Waals surface area contributed by atoms with Crippen molar-refractivity contribution in [1.82, 2.24) is 9.97 Å². The van der Waals surface area contributed by atoms with Crippen LogP contribution in [0.3, 0.4) is 0 Å². The fourth-order valence-electron chi connectivity index (χ4n) is 4.79. The van der Waals surface area contributed by atoms with E-state index in [0.29, 0.717) is 5.82 Å². The first-order chi connectivity index (χ1) is 16.8. The average molecular weight is 501 g/mol. The van der Waals surface area contributed by atoms with Crippen LogP contribution in [0.2, 0.25) is 0 Å². The van der Waals surface area contributed by atoms with Gasteiger partial charge in [0.05, 0.1) is 11.2 Å². The normalized spacial score (nSPS) is 11.7. The molecule has 4 heteroatoms. The Hall–Kier alpha value is -4.02. The number of nitrogens with zero attached hydrogens (tertiary/aromatic N) is 2. The summed E-state index contributed by atoms with van der Waals surface area (Å²) < 4.78 is 7.41. The minimum atomic E-state index is 0.700. The molecule has 0 aliphatic carbocycles. The number of furan rings is 1. The number of hydrogen-bond acceptors (Lipinski definition) is 3. The van der Waals surface area contributed by atoms with Gasteiger partial charge < -0.3 is 4.42 Å². The molecule has 7 rings (SSSR count). The number of fused-ring (bicyclic) bond motifs is 5. The van der Waals surface area contributed by atoms with Crippen molar-refractivity contribution in [1.29, 1.82) is 0 Å². The molecule has 0 saturated carbocycles. The first-order valence-electron chi connectivity index (χ1n) is 11.1. The van der Waals surface area contributed by atoms with Crippen LogP contribution in [0.5, 0.6) is 0 Å². The molecule has 3 nitrogen and oxygen atoms in total. The maximum atomic E-state index is 6.35. The van der Waals surface area contributed by atoms with Crippen molar-refractivity contribution in [2.75, 3.05) is 0 Å². The summed E-state index contributed by atoms with van der Waals surface area (Å²) in [5.41, 5.74) is 5.47. The summed E-state index contributed by atoms with van der Waals surface area (Å²) in [6.45, 7) is 0. The smallest absolute Gasteiger partial charge is 0.161 e. The number of para-hydroxylation sites is 3. The number of hydrogen-bond donors (Lipinski definition) is 0. The van der Waals surface area contributed by atoms with Crippen molar-refractivity contribution in [2.45, 2.75) is 0 Å². The van der Waals surface area contributed by atoms with Gasteiger partial charge in [0.1, 0.15) is 11.2 Å². The van der Waals surface area contributed by atoms with Crippen molar-refractivity contribution in [3.8, 4) is 22.6 Å². The second-order valence-electron chi connectivity index (χ2n) is 8.33. The summed E-state index contributed by atoms with van der Waals surface area (Å²) in [5, 5.41) is 5.45. The van der Waals surface area contributed by atoms with Crippen molar-refractivity contribution in [3.05, 3.63) is 108 Å². The highest BCUT2D eigenvalue weighted by molar-refractivity contribution is 9.10. The standard InChI is InChI=1S/C30H17BrN2O/c31-25-17-16-22(18-8-1-2-9-19(18)25)30-32-26-14-5-3-11-23(26)28(33-30)24-13-7-12-21-20-10-4-6-15-27(20)34-29(21)24/h1-17H. The van der Waals surface area contributed by atoms with E-state index in [1.165, 1.54) is 0 Å². The summed E-state index contributed by atoms with van der Waals surface area (Å²) in [6.07, 6.45) is 0. The van der Waals surface area contributed by atoms with Crippen molar-refractivity contribution >= 4 is 59.5 Å². The second-order valence-corrected chi connectivity index (χ2v) is 9.19. The third-order valence-electron chi connectivity index (χ3n) is 6.37. The maximum Gasteiger partial charge on any atom is 0.161 e. The maximum absolute atomic E-state index is 6.35. The van der Waals surface area contributed by atoms with Gasteiger partial charge in [0.15, 0.2) is 5.82 Å². The monoisotopic (exact) mass is 500 g/mol. The van der Waals surface area contributed by atoms with Crippen LogP contribution in [0.4, 0.5) is 0 Å². The molecule has 34 heavy (non-hydrogen) atoms. The molecule has 160 valence electrons. The molecule has 0 amide bonds. The highest BCUT2D eigenvalue weighted by atomic mass is 79.9. The van der Waals surface area contributed by atoms with Crippen LogP contribution in [0.1, 0.15) is 0 Å². The largest absolute Gasteiger partial charge is 0.455 e. The summed E-state index contributed by atoms with van der Waals surface area (Å²) >= 11 is 3.69. The third kappa shape index (κ3) is 2.89. The molecule has 0 radical (unpaired) electrons. The fourth-order valence-corrected chi connectivity index (χ4v) is 5.27. The van der Waals surface area contributed by atoms with Gasteiger partial charge in [-0.25, -0.2) is 9.97 Å². The molecule has 2 aromatic heterocycles. The van der Waals surface area contributed by atoms with Gasteiger partial charge in [-0.1, -0.05) is 88.7 Å². The summed E-state index contributed by atoms with van der Waals surface area (Å²) in [5.74, 6) is 0.700. The van der Waals surface area contributed by atoms with E-state index in [1.54, 1.807) is 0 Å². The lowest BCUT2D eigenvalue weighted by Gasteiger charge is -2.12. The molecular weight excluding hydrogens is 484 g/mol. The Kier molecular flexibility index (Phi) is 4.29. The average Bonchev–Trinajstić information content (AvgIpc) is 3.27. The highest BCUT2D eigenvalue weighted by Crippen LogP contribution is 2.39. The van der Waals surface area contributed by atoms with Crippen LogP contribution >= 0.6 is 15.9 Å². The summed E-state index contributed by atoms with van der Waals surface area (Å²) in [7, 11) is 0. The third-order valence-corrected chi connectivity index (χ3v) is 7.07. The van der Waals surface area contributed by atoms with E-state index >= 15 is 0 Å². The molecule has 7 aromatic rings. The van der Waals surface area contributed by atoms with Crippen molar-refractivity contribution in [3.63, 3.8) is 0 Å². The quantitative estimate of drug-likeness (QED) is 0.238. The molecule has 0 spiro atoms. The minimum Gasteiger partial charge on any atom is -0.455 e. The van der Waals surface area contributed by atoms with E-state index in [1.807, 2.05) is 42.5 Å². The summed E-state index contributed by atoms with van der Waals surface area (Å²) in [4.78, 5) is 10.1. The second kappa shape index (κ2) is 7.51. The molecule has 2 heterocycles. The molecular formula is C30H17BrN2O. The van der Waals surface area contributed by atoms with Gasteiger partial charge in [0.2, 0.25) is 0 Å². The van der Waals surface area contributed by atoms with Crippen LogP contribution in [0.15, 0.2) is 112 Å². The van der Waals surface area contributed by atoms with Crippen LogP contribution in [0.25, 0.3) is 66.3 Å². The van der Waals surface area contributed by atoms with Gasteiger partial charge >= 0.3 is 0 Å². The lowest BCUT2D eigenvalue weighted by Crippen LogP contribution is -1.96. The number of rotatable bonds is 2. The van der Waals surface area contributed by atoms with Gasteiger partial charge in [-0.05, 0) is 41.1 Å². The van der Waals surface area contributed by atoms with Crippen LogP contribution in [0, 0.1) is 0 Å². The Balaban J connectivity index is 1.58. The number of aromatic nitrogens is 2. The van der Waals surface area contributed by atoms with Gasteiger partial charge in [-0.2, -0.15) is 0 Å². The van der Waals surface area contributed by atoms with Crippen LogP contribution in [-0.2, 0) is 0 Å². The zero-order valence-corrected chi connectivity index (χ0v) is 19.6. The molecule has 0 N–H and O–H groups in total. The minimum absolute atomic E-state index is 0.700. The number of halogens is 1. The Morgan fingerprint density at radius 1 is 0.529 bits per heavy atom. The zero-order valence-electron chi connectivity index (χ0n) is 18.0. The molecule has 0 atom stereocenters. The molecule has 0 unspecified atom stereocenters. The summed E-state index contributed by atoms with van der Waals surface area (Å²) in [6, 6.07) is 35.1. The SMILES string of the molecule is Brc1ccc(-c2nc(-c3cccc4c3oc3ccccc34)c3ccccc3n2)c2ccccc12. The molecule has 0 saturated heterocycles. The number of benzene rings is 5.